The quantitative estimate of drug-likeness (QED) is 0.675. The van der Waals surface area contributed by atoms with Crippen LogP contribution in [0.3, 0.4) is 0 Å². The number of carbonyl (C=O) groups excluding carboxylic acids is 4. The standard InChI is InChI=1S/C17H13N3O6/c18-14(21)9-1-3-10(4-2-9)25-11-5-7-12(8-6-11)26-13-15(22)19-17(24)20-16(13)23/h1-8,13H,(H2,18,21)(H2,19,20,22,23,24). The predicted octanol–water partition coefficient (Wildman–Crippen LogP) is 0.691. The molecule has 0 radical (unpaired) electrons. The van der Waals surface area contributed by atoms with Gasteiger partial charge >= 0.3 is 6.03 Å². The normalized spacial score (nSPS) is 14.4. The second-order valence-corrected chi connectivity index (χ2v) is 5.27. The summed E-state index contributed by atoms with van der Waals surface area (Å²) in [7, 11) is 0. The van der Waals surface area contributed by atoms with Crippen LogP contribution in [0.5, 0.6) is 17.2 Å². The van der Waals surface area contributed by atoms with Gasteiger partial charge in [0, 0.05) is 5.56 Å². The first-order chi connectivity index (χ1) is 12.4. The number of rotatable bonds is 5. The van der Waals surface area contributed by atoms with Crippen LogP contribution in [0.25, 0.3) is 0 Å². The van der Waals surface area contributed by atoms with Crippen LogP contribution in [-0.2, 0) is 9.59 Å². The first-order valence-electron chi connectivity index (χ1n) is 7.42. The minimum atomic E-state index is -1.46. The summed E-state index contributed by atoms with van der Waals surface area (Å²) in [5.74, 6) is -1.01. The van der Waals surface area contributed by atoms with E-state index in [1.54, 1.807) is 24.3 Å². The third kappa shape index (κ3) is 3.78. The van der Waals surface area contributed by atoms with Crippen molar-refractivity contribution in [2.75, 3.05) is 0 Å². The third-order valence-electron chi connectivity index (χ3n) is 3.40. The molecule has 2 aromatic carbocycles. The van der Waals surface area contributed by atoms with Crippen molar-refractivity contribution in [3.05, 3.63) is 54.1 Å². The van der Waals surface area contributed by atoms with Gasteiger partial charge in [0.2, 0.25) is 5.91 Å². The van der Waals surface area contributed by atoms with Gasteiger partial charge in [0.25, 0.3) is 17.9 Å². The van der Waals surface area contributed by atoms with Crippen molar-refractivity contribution in [2.24, 2.45) is 5.73 Å². The summed E-state index contributed by atoms with van der Waals surface area (Å²) in [5, 5.41) is 3.89. The Bertz CT molecular complexity index is 856. The van der Waals surface area contributed by atoms with Gasteiger partial charge in [0.15, 0.2) is 0 Å². The van der Waals surface area contributed by atoms with E-state index in [9.17, 15) is 19.2 Å². The van der Waals surface area contributed by atoms with Gasteiger partial charge in [-0.15, -0.1) is 0 Å². The van der Waals surface area contributed by atoms with Crippen molar-refractivity contribution in [1.29, 1.82) is 0 Å². The van der Waals surface area contributed by atoms with Gasteiger partial charge in [-0.05, 0) is 48.5 Å². The smallest absolute Gasteiger partial charge is 0.328 e. The first-order valence-corrected chi connectivity index (χ1v) is 7.42. The number of nitrogens with two attached hydrogens (primary N) is 1. The van der Waals surface area contributed by atoms with E-state index in [-0.39, 0.29) is 5.75 Å². The molecule has 0 aliphatic carbocycles. The molecule has 1 heterocycles. The molecule has 0 bridgehead atoms. The number of benzene rings is 2. The lowest BCUT2D eigenvalue weighted by Crippen LogP contribution is -2.60. The molecule has 1 aliphatic heterocycles. The summed E-state index contributed by atoms with van der Waals surface area (Å²) in [6.07, 6.45) is -1.46. The highest BCUT2D eigenvalue weighted by atomic mass is 16.5. The molecule has 0 saturated carbocycles. The van der Waals surface area contributed by atoms with Gasteiger partial charge in [0.05, 0.1) is 0 Å². The molecule has 1 saturated heterocycles. The number of nitrogens with one attached hydrogen (secondary N) is 2. The van der Waals surface area contributed by atoms with Crippen LogP contribution in [0.2, 0.25) is 0 Å². The molecule has 1 fully saturated rings. The minimum absolute atomic E-state index is 0.242. The van der Waals surface area contributed by atoms with Crippen molar-refractivity contribution in [2.45, 2.75) is 6.10 Å². The molecular formula is C17H13N3O6. The molecule has 0 aromatic heterocycles. The van der Waals surface area contributed by atoms with Crippen molar-refractivity contribution in [3.63, 3.8) is 0 Å². The summed E-state index contributed by atoms with van der Waals surface area (Å²) in [6.45, 7) is 0. The second kappa shape index (κ2) is 6.93. The van der Waals surface area contributed by atoms with E-state index in [0.717, 1.165) is 0 Å². The fourth-order valence-electron chi connectivity index (χ4n) is 2.16. The molecular weight excluding hydrogens is 342 g/mol. The maximum atomic E-state index is 11.6. The number of carbonyl (C=O) groups is 4. The average Bonchev–Trinajstić information content (AvgIpc) is 2.60. The van der Waals surface area contributed by atoms with E-state index in [4.69, 9.17) is 15.2 Å². The number of barbiturate groups is 1. The molecule has 9 nitrogen and oxygen atoms in total. The molecule has 0 unspecified atom stereocenters. The van der Waals surface area contributed by atoms with E-state index in [1.165, 1.54) is 24.3 Å². The van der Waals surface area contributed by atoms with Crippen LogP contribution in [0, 0.1) is 0 Å². The lowest BCUT2D eigenvalue weighted by molar-refractivity contribution is -0.139. The molecule has 4 N–H and O–H groups in total. The van der Waals surface area contributed by atoms with Gasteiger partial charge in [-0.25, -0.2) is 4.79 Å². The summed E-state index contributed by atoms with van der Waals surface area (Å²) >= 11 is 0. The number of hydrogen-bond donors (Lipinski definition) is 3. The molecule has 9 heteroatoms. The zero-order valence-electron chi connectivity index (χ0n) is 13.2. The number of primary amides is 1. The lowest BCUT2D eigenvalue weighted by atomic mass is 10.2. The number of imide groups is 2. The zero-order chi connectivity index (χ0) is 18.7. The topological polar surface area (TPSA) is 137 Å². The minimum Gasteiger partial charge on any atom is -0.471 e. The second-order valence-electron chi connectivity index (χ2n) is 5.27. The Kier molecular flexibility index (Phi) is 4.52. The molecule has 2 aromatic rings. The van der Waals surface area contributed by atoms with Gasteiger partial charge in [0.1, 0.15) is 17.2 Å². The molecule has 0 spiro atoms. The van der Waals surface area contributed by atoms with E-state index in [1.807, 2.05) is 10.6 Å². The Hall–Kier alpha value is -3.88. The molecule has 5 amide bonds. The predicted molar refractivity (Wildman–Crippen MR) is 87.6 cm³/mol. The Labute approximate surface area is 147 Å². The summed E-state index contributed by atoms with van der Waals surface area (Å²) < 4.78 is 10.9. The fraction of sp³-hybridized carbons (Fsp3) is 0.0588. The van der Waals surface area contributed by atoms with Crippen molar-refractivity contribution in [3.8, 4) is 17.2 Å². The Balaban J connectivity index is 1.65. The third-order valence-corrected chi connectivity index (χ3v) is 3.40. The Morgan fingerprint density at radius 1 is 0.808 bits per heavy atom. The van der Waals surface area contributed by atoms with E-state index in [2.05, 4.69) is 0 Å². The van der Waals surface area contributed by atoms with Gasteiger partial charge in [-0.1, -0.05) is 0 Å². The van der Waals surface area contributed by atoms with Crippen LogP contribution < -0.4 is 25.8 Å². The number of urea groups is 1. The van der Waals surface area contributed by atoms with Gasteiger partial charge in [-0.3, -0.25) is 25.0 Å². The van der Waals surface area contributed by atoms with Crippen LogP contribution in [-0.4, -0.2) is 29.9 Å². The average molecular weight is 355 g/mol. The largest absolute Gasteiger partial charge is 0.471 e. The molecule has 3 rings (SSSR count). The lowest BCUT2D eigenvalue weighted by Gasteiger charge is -2.21. The Morgan fingerprint density at radius 2 is 1.27 bits per heavy atom. The monoisotopic (exact) mass is 355 g/mol. The molecule has 26 heavy (non-hydrogen) atoms. The van der Waals surface area contributed by atoms with Crippen molar-refractivity contribution in [1.82, 2.24) is 10.6 Å². The maximum Gasteiger partial charge on any atom is 0.328 e. The zero-order valence-corrected chi connectivity index (χ0v) is 13.2. The van der Waals surface area contributed by atoms with Crippen LogP contribution in [0.4, 0.5) is 4.79 Å². The van der Waals surface area contributed by atoms with E-state index < -0.39 is 29.9 Å². The van der Waals surface area contributed by atoms with Crippen molar-refractivity contribution < 1.29 is 28.7 Å². The number of hydrogen-bond acceptors (Lipinski definition) is 6. The van der Waals surface area contributed by atoms with Gasteiger partial charge < -0.3 is 15.2 Å². The fourth-order valence-corrected chi connectivity index (χ4v) is 2.16. The maximum absolute atomic E-state index is 11.6. The summed E-state index contributed by atoms with van der Waals surface area (Å²) in [6, 6.07) is 11.5. The molecule has 1 aliphatic rings. The number of ether oxygens (including phenoxy) is 2. The Morgan fingerprint density at radius 3 is 1.77 bits per heavy atom. The van der Waals surface area contributed by atoms with Crippen LogP contribution in [0.15, 0.2) is 48.5 Å². The van der Waals surface area contributed by atoms with Crippen LogP contribution >= 0.6 is 0 Å². The summed E-state index contributed by atoms with van der Waals surface area (Å²) in [4.78, 5) is 45.3. The highest BCUT2D eigenvalue weighted by Gasteiger charge is 2.36. The first kappa shape index (κ1) is 17.0. The van der Waals surface area contributed by atoms with Crippen molar-refractivity contribution >= 4 is 23.8 Å². The molecule has 132 valence electrons. The van der Waals surface area contributed by atoms with Crippen LogP contribution in [0.1, 0.15) is 10.4 Å². The van der Waals surface area contributed by atoms with Gasteiger partial charge in [-0.2, -0.15) is 0 Å². The highest BCUT2D eigenvalue weighted by molar-refractivity contribution is 6.18. The van der Waals surface area contributed by atoms with E-state index >= 15 is 0 Å². The van der Waals surface area contributed by atoms with E-state index in [0.29, 0.717) is 17.1 Å². The SMILES string of the molecule is NC(=O)c1ccc(Oc2ccc(OC3C(=O)NC(=O)NC3=O)cc2)cc1. The number of amides is 5. The summed E-state index contributed by atoms with van der Waals surface area (Å²) in [5.41, 5.74) is 5.53. The highest BCUT2D eigenvalue weighted by Crippen LogP contribution is 2.24. The molecule has 0 atom stereocenters.